The Morgan fingerprint density at radius 3 is 2.24 bits per heavy atom. The van der Waals surface area contributed by atoms with Crippen LogP contribution in [0.4, 0.5) is 0 Å². The Morgan fingerprint density at radius 1 is 0.857 bits per heavy atom. The van der Waals surface area contributed by atoms with E-state index in [-0.39, 0.29) is 0 Å². The van der Waals surface area contributed by atoms with E-state index in [9.17, 15) is 0 Å². The van der Waals surface area contributed by atoms with Gasteiger partial charge in [-0.15, -0.1) is 5.54 Å². The van der Waals surface area contributed by atoms with Crippen LogP contribution in [0.3, 0.4) is 0 Å². The van der Waals surface area contributed by atoms with Gasteiger partial charge in [-0.1, -0.05) is 49.8 Å². The number of hydrogen-bond acceptors (Lipinski definition) is 0. The zero-order chi connectivity index (χ0) is 15.0. The lowest BCUT2D eigenvalue weighted by atomic mass is 10.0. The molecule has 0 aromatic heterocycles. The van der Waals surface area contributed by atoms with Gasteiger partial charge in [-0.25, -0.2) is 0 Å². The highest BCUT2D eigenvalue weighted by atomic mass is 127. The minimum absolute atomic E-state index is 1.15. The quantitative estimate of drug-likeness (QED) is 0.193. The Kier molecular flexibility index (Phi) is 3.81. The molecular weight excluding hydrogens is 383 g/mol. The van der Waals surface area contributed by atoms with Gasteiger partial charge in [0.15, 0.2) is 0 Å². The average Bonchev–Trinajstić information content (AvgIpc) is 2.43. The topological polar surface area (TPSA) is 0 Å². The second-order valence-corrected chi connectivity index (χ2v) is 12.3. The first-order valence-electron chi connectivity index (χ1n) is 7.08. The maximum Gasteiger partial charge on any atom is 0.129 e. The fourth-order valence-corrected chi connectivity index (χ4v) is 3.56. The molecule has 0 heterocycles. The first kappa shape index (κ1) is 14.6. The third-order valence-electron chi connectivity index (χ3n) is 3.40. The predicted molar refractivity (Wildman–Crippen MR) is 104 cm³/mol. The van der Waals surface area contributed by atoms with E-state index in [4.69, 9.17) is 0 Å². The van der Waals surface area contributed by atoms with Crippen molar-refractivity contribution in [3.8, 4) is 11.5 Å². The molecule has 0 aliphatic rings. The van der Waals surface area contributed by atoms with Crippen LogP contribution in [0, 0.1) is 15.0 Å². The van der Waals surface area contributed by atoms with Crippen molar-refractivity contribution >= 4 is 52.2 Å². The molecule has 0 nitrogen and oxygen atoms in total. The molecule has 0 saturated heterocycles. The molecule has 0 aliphatic carbocycles. The molecule has 2 heteroatoms. The van der Waals surface area contributed by atoms with Crippen molar-refractivity contribution in [2.75, 3.05) is 0 Å². The number of rotatable bonds is 0. The molecule has 0 bridgehead atoms. The summed E-state index contributed by atoms with van der Waals surface area (Å²) in [6.07, 6.45) is 0. The van der Waals surface area contributed by atoms with E-state index in [2.05, 4.69) is 102 Å². The molecule has 0 unspecified atom stereocenters. The Balaban J connectivity index is 2.31. The largest absolute Gasteiger partial charge is 0.129 e. The normalized spacial score (nSPS) is 11.4. The summed E-state index contributed by atoms with van der Waals surface area (Å²) in [4.78, 5) is 0. The van der Waals surface area contributed by atoms with Crippen LogP contribution in [0.25, 0.3) is 21.5 Å². The summed E-state index contributed by atoms with van der Waals surface area (Å²) in [5.74, 6) is 3.42. The van der Waals surface area contributed by atoms with Gasteiger partial charge in [-0.2, -0.15) is 0 Å². The van der Waals surface area contributed by atoms with E-state index in [0.717, 1.165) is 5.56 Å². The zero-order valence-corrected chi connectivity index (χ0v) is 15.7. The Hall–Kier alpha value is -1.31. The summed E-state index contributed by atoms with van der Waals surface area (Å²) >= 11 is 2.41. The van der Waals surface area contributed by atoms with Crippen molar-refractivity contribution in [2.45, 2.75) is 19.6 Å². The van der Waals surface area contributed by atoms with E-state index in [1.807, 2.05) is 0 Å². The summed E-state index contributed by atoms with van der Waals surface area (Å²) in [5, 5.41) is 5.14. The summed E-state index contributed by atoms with van der Waals surface area (Å²) < 4.78 is 1.29. The standard InChI is InChI=1S/C19H17ISi/c1-21(2,3)11-10-14-6-4-7-15-12-16-8-5-9-19(20)18(16)13-17(14)15/h4-9,12-13H,1-3H3. The lowest BCUT2D eigenvalue weighted by Crippen LogP contribution is -2.16. The van der Waals surface area contributed by atoms with Gasteiger partial charge in [0.25, 0.3) is 0 Å². The van der Waals surface area contributed by atoms with Gasteiger partial charge in [0.1, 0.15) is 8.07 Å². The molecule has 3 aromatic carbocycles. The van der Waals surface area contributed by atoms with E-state index in [1.54, 1.807) is 0 Å². The number of fused-ring (bicyclic) bond motifs is 2. The highest BCUT2D eigenvalue weighted by Gasteiger charge is 2.08. The monoisotopic (exact) mass is 400 g/mol. The number of hydrogen-bond donors (Lipinski definition) is 0. The van der Waals surface area contributed by atoms with Crippen molar-refractivity contribution in [3.63, 3.8) is 0 Å². The zero-order valence-electron chi connectivity index (χ0n) is 12.5. The SMILES string of the molecule is C[Si](C)(C)C#Cc1cccc2cc3cccc(I)c3cc12. The van der Waals surface area contributed by atoms with Crippen LogP contribution >= 0.6 is 22.6 Å². The van der Waals surface area contributed by atoms with Crippen molar-refractivity contribution < 1.29 is 0 Å². The Morgan fingerprint density at radius 2 is 1.52 bits per heavy atom. The van der Waals surface area contributed by atoms with Gasteiger partial charge in [0, 0.05) is 9.13 Å². The maximum absolute atomic E-state index is 3.48. The molecule has 0 amide bonds. The number of halogens is 1. The molecule has 0 radical (unpaired) electrons. The molecule has 0 fully saturated rings. The van der Waals surface area contributed by atoms with E-state index < -0.39 is 8.07 Å². The molecule has 3 rings (SSSR count). The lowest BCUT2D eigenvalue weighted by Gasteiger charge is -2.07. The minimum atomic E-state index is -1.35. The minimum Gasteiger partial charge on any atom is -0.127 e. The molecule has 0 N–H and O–H groups in total. The molecule has 3 aromatic rings. The van der Waals surface area contributed by atoms with E-state index in [1.165, 1.54) is 25.1 Å². The maximum atomic E-state index is 3.48. The van der Waals surface area contributed by atoms with Crippen LogP contribution in [-0.4, -0.2) is 8.07 Å². The van der Waals surface area contributed by atoms with Crippen molar-refractivity contribution in [2.24, 2.45) is 0 Å². The van der Waals surface area contributed by atoms with E-state index >= 15 is 0 Å². The molecular formula is C19H17ISi. The van der Waals surface area contributed by atoms with Gasteiger partial charge in [-0.3, -0.25) is 0 Å². The van der Waals surface area contributed by atoms with Gasteiger partial charge in [0.05, 0.1) is 0 Å². The predicted octanol–water partition coefficient (Wildman–Crippen LogP) is 5.83. The van der Waals surface area contributed by atoms with Crippen LogP contribution in [0.1, 0.15) is 5.56 Å². The second-order valence-electron chi connectivity index (χ2n) is 6.34. The molecule has 0 spiro atoms. The third kappa shape index (κ3) is 3.14. The van der Waals surface area contributed by atoms with Crippen LogP contribution in [-0.2, 0) is 0 Å². The fourth-order valence-electron chi connectivity index (χ4n) is 2.38. The summed E-state index contributed by atoms with van der Waals surface area (Å²) in [6.45, 7) is 6.84. The molecule has 0 atom stereocenters. The number of benzene rings is 3. The summed E-state index contributed by atoms with van der Waals surface area (Å²) in [5.41, 5.74) is 4.63. The molecule has 0 saturated carbocycles. The van der Waals surface area contributed by atoms with Gasteiger partial charge in [-0.05, 0) is 68.4 Å². The van der Waals surface area contributed by atoms with Crippen LogP contribution < -0.4 is 0 Å². The van der Waals surface area contributed by atoms with Crippen LogP contribution in [0.2, 0.25) is 19.6 Å². The third-order valence-corrected chi connectivity index (χ3v) is 5.21. The Labute approximate surface area is 140 Å². The van der Waals surface area contributed by atoms with Crippen LogP contribution in [0.5, 0.6) is 0 Å². The lowest BCUT2D eigenvalue weighted by molar-refractivity contribution is 1.70. The van der Waals surface area contributed by atoms with Gasteiger partial charge >= 0.3 is 0 Å². The first-order chi connectivity index (χ1) is 9.94. The fraction of sp³-hybridized carbons (Fsp3) is 0.158. The van der Waals surface area contributed by atoms with E-state index in [0.29, 0.717) is 0 Å². The van der Waals surface area contributed by atoms with Gasteiger partial charge in [0.2, 0.25) is 0 Å². The summed E-state index contributed by atoms with van der Waals surface area (Å²) in [7, 11) is -1.35. The smallest absolute Gasteiger partial charge is 0.127 e. The summed E-state index contributed by atoms with van der Waals surface area (Å²) in [6, 6.07) is 17.4. The Bertz CT molecular complexity index is 892. The highest BCUT2D eigenvalue weighted by molar-refractivity contribution is 14.1. The first-order valence-corrected chi connectivity index (χ1v) is 11.7. The molecule has 104 valence electrons. The second kappa shape index (κ2) is 5.47. The van der Waals surface area contributed by atoms with Crippen molar-refractivity contribution in [1.82, 2.24) is 0 Å². The molecule has 0 aliphatic heterocycles. The van der Waals surface area contributed by atoms with Gasteiger partial charge < -0.3 is 0 Å². The van der Waals surface area contributed by atoms with Crippen molar-refractivity contribution in [3.05, 3.63) is 57.7 Å². The highest BCUT2D eigenvalue weighted by Crippen LogP contribution is 2.28. The average molecular weight is 400 g/mol. The molecule has 21 heavy (non-hydrogen) atoms. The van der Waals surface area contributed by atoms with Crippen LogP contribution in [0.15, 0.2) is 48.5 Å². The van der Waals surface area contributed by atoms with Crippen molar-refractivity contribution in [1.29, 1.82) is 0 Å².